The lowest BCUT2D eigenvalue weighted by Gasteiger charge is -2.34. The third-order valence-electron chi connectivity index (χ3n) is 5.69. The fourth-order valence-electron chi connectivity index (χ4n) is 3.97. The van der Waals surface area contributed by atoms with Crippen LogP contribution in [0.4, 0.5) is 11.4 Å². The summed E-state index contributed by atoms with van der Waals surface area (Å²) in [5, 5.41) is 10.4. The van der Waals surface area contributed by atoms with Gasteiger partial charge < -0.3 is 14.9 Å². The van der Waals surface area contributed by atoms with E-state index in [1.165, 1.54) is 0 Å². The lowest BCUT2D eigenvalue weighted by atomic mass is 9.98. The normalized spacial score (nSPS) is 18.2. The van der Waals surface area contributed by atoms with Crippen molar-refractivity contribution in [2.75, 3.05) is 43.0 Å². The van der Waals surface area contributed by atoms with Crippen LogP contribution < -0.4 is 9.80 Å². The van der Waals surface area contributed by atoms with Gasteiger partial charge in [-0.3, -0.25) is 9.59 Å². The molecule has 29 heavy (non-hydrogen) atoms. The van der Waals surface area contributed by atoms with Crippen LogP contribution in [0.2, 0.25) is 0 Å². The van der Waals surface area contributed by atoms with Crippen LogP contribution in [-0.4, -0.2) is 55.0 Å². The van der Waals surface area contributed by atoms with Crippen molar-refractivity contribution >= 4 is 28.8 Å². The summed E-state index contributed by atoms with van der Waals surface area (Å²) in [6.45, 7) is 7.71. The Hall–Kier alpha value is -3.12. The molecule has 1 fully saturated rings. The quantitative estimate of drug-likeness (QED) is 0.815. The minimum atomic E-state index is -0.683. The Morgan fingerprint density at radius 1 is 0.828 bits per heavy atom. The topological polar surface area (TPSA) is 64.1 Å². The second kappa shape index (κ2) is 7.37. The molecule has 2 aliphatic rings. The van der Waals surface area contributed by atoms with Gasteiger partial charge in [-0.2, -0.15) is 0 Å². The molecule has 6 heteroatoms. The van der Waals surface area contributed by atoms with Gasteiger partial charge in [-0.05, 0) is 56.3 Å². The highest BCUT2D eigenvalue weighted by atomic mass is 16.3. The standard InChI is InChI=1S/C23H25N3O3/c1-15-4-9-19(16(2)14-15)20-21(27)23(29)26(22(20)28)18-7-5-17(6-8-18)25-12-10-24(3)11-13-25/h4-9,14,27H,10-13H2,1-3H3. The first-order valence-corrected chi connectivity index (χ1v) is 9.80. The molecule has 0 unspecified atom stereocenters. The van der Waals surface area contributed by atoms with Gasteiger partial charge in [-0.1, -0.05) is 23.8 Å². The van der Waals surface area contributed by atoms with E-state index < -0.39 is 17.6 Å². The van der Waals surface area contributed by atoms with Crippen molar-refractivity contribution in [1.82, 2.24) is 4.90 Å². The highest BCUT2D eigenvalue weighted by molar-refractivity contribution is 6.45. The lowest BCUT2D eigenvalue weighted by Crippen LogP contribution is -2.44. The Balaban J connectivity index is 1.60. The lowest BCUT2D eigenvalue weighted by molar-refractivity contribution is -0.121. The van der Waals surface area contributed by atoms with E-state index in [2.05, 4.69) is 16.8 Å². The molecule has 0 spiro atoms. The number of aryl methyl sites for hydroxylation is 2. The number of benzene rings is 2. The van der Waals surface area contributed by atoms with Crippen molar-refractivity contribution in [3.8, 4) is 0 Å². The largest absolute Gasteiger partial charge is 0.502 e. The van der Waals surface area contributed by atoms with Gasteiger partial charge in [0, 0.05) is 31.9 Å². The number of anilines is 2. The van der Waals surface area contributed by atoms with E-state index in [9.17, 15) is 14.7 Å². The number of piperazine rings is 1. The number of carbonyl (C=O) groups excluding carboxylic acids is 2. The number of amides is 2. The summed E-state index contributed by atoms with van der Waals surface area (Å²) < 4.78 is 0. The summed E-state index contributed by atoms with van der Waals surface area (Å²) in [6.07, 6.45) is 0. The van der Waals surface area contributed by atoms with Gasteiger partial charge in [0.2, 0.25) is 0 Å². The summed E-state index contributed by atoms with van der Waals surface area (Å²) in [5.41, 5.74) is 4.08. The van der Waals surface area contributed by atoms with Crippen molar-refractivity contribution < 1.29 is 14.7 Å². The van der Waals surface area contributed by atoms with Crippen molar-refractivity contribution in [3.63, 3.8) is 0 Å². The van der Waals surface area contributed by atoms with Crippen LogP contribution in [-0.2, 0) is 9.59 Å². The van der Waals surface area contributed by atoms with Crippen molar-refractivity contribution in [1.29, 1.82) is 0 Å². The Labute approximate surface area is 170 Å². The highest BCUT2D eigenvalue weighted by Crippen LogP contribution is 2.34. The van der Waals surface area contributed by atoms with Crippen LogP contribution in [0.3, 0.4) is 0 Å². The van der Waals surface area contributed by atoms with Gasteiger partial charge in [0.1, 0.15) is 0 Å². The van der Waals surface area contributed by atoms with E-state index in [0.29, 0.717) is 11.3 Å². The maximum absolute atomic E-state index is 13.1. The monoisotopic (exact) mass is 391 g/mol. The number of likely N-dealkylation sites (N-methyl/N-ethyl adjacent to an activating group) is 1. The van der Waals surface area contributed by atoms with Gasteiger partial charge in [-0.15, -0.1) is 0 Å². The first-order valence-electron chi connectivity index (χ1n) is 9.80. The van der Waals surface area contributed by atoms with Crippen LogP contribution in [0.25, 0.3) is 5.57 Å². The fraction of sp³-hybridized carbons (Fsp3) is 0.304. The molecular weight excluding hydrogens is 366 g/mol. The van der Waals surface area contributed by atoms with Gasteiger partial charge in [0.15, 0.2) is 5.76 Å². The van der Waals surface area contributed by atoms with Crippen LogP contribution in [0.1, 0.15) is 16.7 Å². The summed E-state index contributed by atoms with van der Waals surface area (Å²) in [4.78, 5) is 31.4. The molecule has 2 heterocycles. The molecule has 0 saturated carbocycles. The molecule has 0 bridgehead atoms. The van der Waals surface area contributed by atoms with E-state index in [-0.39, 0.29) is 5.57 Å². The summed E-state index contributed by atoms with van der Waals surface area (Å²) >= 11 is 0. The molecule has 0 atom stereocenters. The number of nitrogens with zero attached hydrogens (tertiary/aromatic N) is 3. The first kappa shape index (κ1) is 19.2. The predicted molar refractivity (Wildman–Crippen MR) is 114 cm³/mol. The molecule has 1 N–H and O–H groups in total. The molecule has 2 aliphatic heterocycles. The van der Waals surface area contributed by atoms with Crippen LogP contribution >= 0.6 is 0 Å². The minimum absolute atomic E-state index is 0.0654. The molecule has 2 aromatic carbocycles. The van der Waals surface area contributed by atoms with E-state index in [0.717, 1.165) is 47.9 Å². The fourth-order valence-corrected chi connectivity index (χ4v) is 3.97. The van der Waals surface area contributed by atoms with Crippen LogP contribution in [0, 0.1) is 13.8 Å². The van der Waals surface area contributed by atoms with Gasteiger partial charge in [0.25, 0.3) is 5.91 Å². The van der Waals surface area contributed by atoms with Crippen LogP contribution in [0.5, 0.6) is 0 Å². The zero-order valence-corrected chi connectivity index (χ0v) is 17.0. The average Bonchev–Trinajstić information content (AvgIpc) is 2.92. The van der Waals surface area contributed by atoms with Gasteiger partial charge >= 0.3 is 5.91 Å². The number of hydrogen-bond acceptors (Lipinski definition) is 5. The second-order valence-corrected chi connectivity index (χ2v) is 7.79. The van der Waals surface area contributed by atoms with Crippen LogP contribution in [0.15, 0.2) is 48.2 Å². The number of hydrogen-bond donors (Lipinski definition) is 1. The number of aliphatic hydroxyl groups is 1. The number of rotatable bonds is 3. The molecule has 4 rings (SSSR count). The molecule has 2 amide bonds. The van der Waals surface area contributed by atoms with Gasteiger partial charge in [0.05, 0.1) is 11.3 Å². The van der Waals surface area contributed by atoms with Crippen molar-refractivity contribution in [3.05, 3.63) is 64.9 Å². The van der Waals surface area contributed by atoms with E-state index in [1.54, 1.807) is 18.2 Å². The van der Waals surface area contributed by atoms with E-state index >= 15 is 0 Å². The molecule has 150 valence electrons. The van der Waals surface area contributed by atoms with E-state index in [1.807, 2.05) is 38.1 Å². The minimum Gasteiger partial charge on any atom is -0.502 e. The smallest absolute Gasteiger partial charge is 0.301 e. The van der Waals surface area contributed by atoms with Crippen molar-refractivity contribution in [2.45, 2.75) is 13.8 Å². The van der Waals surface area contributed by atoms with E-state index in [4.69, 9.17) is 0 Å². The summed E-state index contributed by atoms with van der Waals surface area (Å²) in [5.74, 6) is -1.67. The molecule has 6 nitrogen and oxygen atoms in total. The predicted octanol–water partition coefficient (Wildman–Crippen LogP) is 2.90. The molecular formula is C23H25N3O3. The zero-order valence-electron chi connectivity index (χ0n) is 17.0. The number of imide groups is 1. The number of aliphatic hydroxyl groups excluding tert-OH is 1. The SMILES string of the molecule is Cc1ccc(C2=C(O)C(=O)N(c3ccc(N4CCN(C)CC4)cc3)C2=O)c(C)c1. The first-order chi connectivity index (χ1) is 13.9. The third kappa shape index (κ3) is 3.40. The average molecular weight is 391 g/mol. The molecule has 0 aromatic heterocycles. The second-order valence-electron chi connectivity index (χ2n) is 7.79. The third-order valence-corrected chi connectivity index (χ3v) is 5.69. The Kier molecular flexibility index (Phi) is 4.88. The molecule has 1 saturated heterocycles. The summed E-state index contributed by atoms with van der Waals surface area (Å²) in [7, 11) is 2.11. The number of carbonyl (C=O) groups is 2. The maximum Gasteiger partial charge on any atom is 0.301 e. The maximum atomic E-state index is 13.1. The van der Waals surface area contributed by atoms with Gasteiger partial charge in [-0.25, -0.2) is 4.90 Å². The Morgan fingerprint density at radius 3 is 2.07 bits per heavy atom. The molecule has 0 radical (unpaired) electrons. The molecule has 2 aromatic rings. The Morgan fingerprint density at radius 2 is 1.45 bits per heavy atom. The van der Waals surface area contributed by atoms with Crippen molar-refractivity contribution in [2.24, 2.45) is 0 Å². The highest BCUT2D eigenvalue weighted by Gasteiger charge is 2.40. The Bertz CT molecular complexity index is 1000. The zero-order chi connectivity index (χ0) is 20.7. The molecule has 0 aliphatic carbocycles. The summed E-state index contributed by atoms with van der Waals surface area (Å²) in [6, 6.07) is 13.0.